The molecule has 3 N–H and O–H groups in total. The van der Waals surface area contributed by atoms with Crippen LogP contribution < -0.4 is 11.1 Å². The minimum atomic E-state index is -0.432. The molecule has 0 spiro atoms. The fourth-order valence-corrected chi connectivity index (χ4v) is 1.42. The quantitative estimate of drug-likeness (QED) is 0.810. The molecule has 2 atom stereocenters. The number of amides is 1. The van der Waals surface area contributed by atoms with Gasteiger partial charge in [0.05, 0.1) is 6.04 Å². The third kappa shape index (κ3) is 4.15. The maximum Gasteiger partial charge on any atom is 0.237 e. The van der Waals surface area contributed by atoms with E-state index in [1.165, 1.54) is 0 Å². The molecule has 94 valence electrons. The topological polar surface area (TPSA) is 68.0 Å². The molecule has 0 bridgehead atoms. The van der Waals surface area contributed by atoms with E-state index in [9.17, 15) is 4.79 Å². The van der Waals surface area contributed by atoms with E-state index >= 15 is 0 Å². The molecule has 1 aromatic rings. The molecule has 0 saturated carbocycles. The lowest BCUT2D eigenvalue weighted by atomic mass is 9.99. The lowest BCUT2D eigenvalue weighted by Gasteiger charge is -2.17. The molecule has 1 aromatic heterocycles. The molecule has 0 aliphatic heterocycles. The zero-order valence-electron chi connectivity index (χ0n) is 10.7. The number of nitrogens with two attached hydrogens (primary N) is 1. The third-order valence-corrected chi connectivity index (χ3v) is 3.00. The smallest absolute Gasteiger partial charge is 0.237 e. The average Bonchev–Trinajstić information content (AvgIpc) is 2.35. The number of aryl methyl sites for hydroxylation is 1. The van der Waals surface area contributed by atoms with Crippen molar-refractivity contribution in [1.29, 1.82) is 0 Å². The van der Waals surface area contributed by atoms with E-state index in [2.05, 4.69) is 10.3 Å². The van der Waals surface area contributed by atoms with Crippen LogP contribution in [0.15, 0.2) is 18.3 Å². The second kappa shape index (κ2) is 6.35. The zero-order chi connectivity index (χ0) is 12.8. The van der Waals surface area contributed by atoms with E-state index < -0.39 is 6.04 Å². The van der Waals surface area contributed by atoms with Gasteiger partial charge in [0.25, 0.3) is 0 Å². The van der Waals surface area contributed by atoms with Gasteiger partial charge in [-0.05, 0) is 24.5 Å². The Morgan fingerprint density at radius 2 is 2.24 bits per heavy atom. The number of rotatable bonds is 5. The molecule has 0 aliphatic carbocycles. The number of pyridine rings is 1. The molecule has 4 heteroatoms. The number of nitrogens with zero attached hydrogens (tertiary/aromatic N) is 1. The molecule has 0 aliphatic rings. The standard InChI is InChI=1S/C13H21N3O/c1-4-9(2)12(14)13(17)16-8-11-6-5-10(3)15-7-11/h5-7,9,12H,4,8,14H2,1-3H3,(H,16,17)/t9?,12-/m0/s1. The lowest BCUT2D eigenvalue weighted by Crippen LogP contribution is -2.44. The van der Waals surface area contributed by atoms with Gasteiger partial charge in [-0.15, -0.1) is 0 Å². The van der Waals surface area contributed by atoms with Crippen LogP contribution in [0.2, 0.25) is 0 Å². The van der Waals surface area contributed by atoms with Crippen molar-refractivity contribution in [2.24, 2.45) is 11.7 Å². The van der Waals surface area contributed by atoms with E-state index in [4.69, 9.17) is 5.73 Å². The summed E-state index contributed by atoms with van der Waals surface area (Å²) in [7, 11) is 0. The number of hydrogen-bond donors (Lipinski definition) is 2. The minimum Gasteiger partial charge on any atom is -0.351 e. The maximum absolute atomic E-state index is 11.7. The predicted molar refractivity (Wildman–Crippen MR) is 68.3 cm³/mol. The number of carbonyl (C=O) groups excluding carboxylic acids is 1. The summed E-state index contributed by atoms with van der Waals surface area (Å²) in [5, 5.41) is 2.83. The summed E-state index contributed by atoms with van der Waals surface area (Å²) in [5.41, 5.74) is 7.79. The fraction of sp³-hybridized carbons (Fsp3) is 0.538. The van der Waals surface area contributed by atoms with E-state index in [0.29, 0.717) is 6.54 Å². The number of nitrogens with one attached hydrogen (secondary N) is 1. The van der Waals surface area contributed by atoms with Crippen LogP contribution in [0.4, 0.5) is 0 Å². The Hall–Kier alpha value is -1.42. The van der Waals surface area contributed by atoms with Gasteiger partial charge in [0.1, 0.15) is 0 Å². The molecule has 4 nitrogen and oxygen atoms in total. The van der Waals surface area contributed by atoms with Gasteiger partial charge in [-0.1, -0.05) is 26.3 Å². The number of carbonyl (C=O) groups is 1. The van der Waals surface area contributed by atoms with Gasteiger partial charge in [-0.25, -0.2) is 0 Å². The van der Waals surface area contributed by atoms with Crippen molar-refractivity contribution in [1.82, 2.24) is 10.3 Å². The Morgan fingerprint density at radius 3 is 2.76 bits per heavy atom. The summed E-state index contributed by atoms with van der Waals surface area (Å²) in [4.78, 5) is 15.9. The molecule has 0 fully saturated rings. The largest absolute Gasteiger partial charge is 0.351 e. The molecule has 0 aromatic carbocycles. The van der Waals surface area contributed by atoms with Crippen molar-refractivity contribution in [3.8, 4) is 0 Å². The highest BCUT2D eigenvalue weighted by Crippen LogP contribution is 2.05. The monoisotopic (exact) mass is 235 g/mol. The van der Waals surface area contributed by atoms with Crippen molar-refractivity contribution >= 4 is 5.91 Å². The lowest BCUT2D eigenvalue weighted by molar-refractivity contribution is -0.123. The first-order chi connectivity index (χ1) is 8.04. The van der Waals surface area contributed by atoms with E-state index in [1.807, 2.05) is 32.9 Å². The van der Waals surface area contributed by atoms with E-state index in [-0.39, 0.29) is 11.8 Å². The Labute approximate surface area is 103 Å². The molecule has 0 radical (unpaired) electrons. The molecule has 1 unspecified atom stereocenters. The first-order valence-electron chi connectivity index (χ1n) is 5.99. The Bertz CT molecular complexity index is 361. The van der Waals surface area contributed by atoms with Crippen LogP contribution in [0.3, 0.4) is 0 Å². The van der Waals surface area contributed by atoms with Crippen molar-refractivity contribution in [3.05, 3.63) is 29.6 Å². The van der Waals surface area contributed by atoms with Crippen LogP contribution in [0, 0.1) is 12.8 Å². The molecule has 1 rings (SSSR count). The fourth-order valence-electron chi connectivity index (χ4n) is 1.42. The second-order valence-corrected chi connectivity index (χ2v) is 4.44. The van der Waals surface area contributed by atoms with Gasteiger partial charge < -0.3 is 11.1 Å². The van der Waals surface area contributed by atoms with Gasteiger partial charge in [0.15, 0.2) is 0 Å². The normalized spacial score (nSPS) is 14.1. The number of hydrogen-bond acceptors (Lipinski definition) is 3. The Balaban J connectivity index is 2.45. The van der Waals surface area contributed by atoms with Crippen LogP contribution in [0.1, 0.15) is 31.5 Å². The average molecular weight is 235 g/mol. The summed E-state index contributed by atoms with van der Waals surface area (Å²) in [5.74, 6) is 0.103. The number of aromatic nitrogens is 1. The van der Waals surface area contributed by atoms with Gasteiger partial charge in [0.2, 0.25) is 5.91 Å². The Kier molecular flexibility index (Phi) is 5.10. The molecular weight excluding hydrogens is 214 g/mol. The van der Waals surface area contributed by atoms with Crippen LogP contribution in [-0.2, 0) is 11.3 Å². The molecule has 1 heterocycles. The second-order valence-electron chi connectivity index (χ2n) is 4.44. The zero-order valence-corrected chi connectivity index (χ0v) is 10.7. The van der Waals surface area contributed by atoms with Crippen molar-refractivity contribution < 1.29 is 4.79 Å². The highest BCUT2D eigenvalue weighted by Gasteiger charge is 2.18. The first-order valence-corrected chi connectivity index (χ1v) is 5.99. The van der Waals surface area contributed by atoms with Gasteiger partial charge in [-0.2, -0.15) is 0 Å². The highest BCUT2D eigenvalue weighted by molar-refractivity contribution is 5.81. The third-order valence-electron chi connectivity index (χ3n) is 3.00. The molecule has 0 saturated heterocycles. The van der Waals surface area contributed by atoms with Crippen molar-refractivity contribution in [2.45, 2.75) is 39.8 Å². The van der Waals surface area contributed by atoms with Gasteiger partial charge in [-0.3, -0.25) is 9.78 Å². The van der Waals surface area contributed by atoms with Crippen molar-refractivity contribution in [3.63, 3.8) is 0 Å². The van der Waals surface area contributed by atoms with Crippen LogP contribution in [0.25, 0.3) is 0 Å². The summed E-state index contributed by atoms with van der Waals surface area (Å²) in [6, 6.07) is 3.45. The first kappa shape index (κ1) is 13.6. The molecule has 1 amide bonds. The minimum absolute atomic E-state index is 0.0973. The van der Waals surface area contributed by atoms with Crippen LogP contribution >= 0.6 is 0 Å². The summed E-state index contributed by atoms with van der Waals surface area (Å²) < 4.78 is 0. The Morgan fingerprint density at radius 1 is 1.53 bits per heavy atom. The van der Waals surface area contributed by atoms with E-state index in [0.717, 1.165) is 17.7 Å². The summed E-state index contributed by atoms with van der Waals surface area (Å²) >= 11 is 0. The highest BCUT2D eigenvalue weighted by atomic mass is 16.2. The summed E-state index contributed by atoms with van der Waals surface area (Å²) in [6.45, 7) is 6.43. The predicted octanol–water partition coefficient (Wildman–Crippen LogP) is 1.38. The molecule has 17 heavy (non-hydrogen) atoms. The van der Waals surface area contributed by atoms with Gasteiger partial charge >= 0.3 is 0 Å². The van der Waals surface area contributed by atoms with E-state index in [1.54, 1.807) is 6.20 Å². The van der Waals surface area contributed by atoms with Crippen LogP contribution in [0.5, 0.6) is 0 Å². The van der Waals surface area contributed by atoms with Crippen molar-refractivity contribution in [2.75, 3.05) is 0 Å². The molecular formula is C13H21N3O. The van der Waals surface area contributed by atoms with Gasteiger partial charge in [0, 0.05) is 18.4 Å². The van der Waals surface area contributed by atoms with Crippen LogP contribution in [-0.4, -0.2) is 16.9 Å². The summed E-state index contributed by atoms with van der Waals surface area (Å²) in [6.07, 6.45) is 2.67. The maximum atomic E-state index is 11.7. The SMILES string of the molecule is CCC(C)[C@H](N)C(=O)NCc1ccc(C)nc1.